The average Bonchev–Trinajstić information content (AvgIpc) is 2.30. The Labute approximate surface area is 107 Å². The number of aliphatic carboxylic acids is 1. The number of carboxylic acid groups (broad SMARTS) is 1. The summed E-state index contributed by atoms with van der Waals surface area (Å²) < 4.78 is 1.64. The third-order valence-electron chi connectivity index (χ3n) is 2.87. The highest BCUT2D eigenvalue weighted by Crippen LogP contribution is 2.00. The lowest BCUT2D eigenvalue weighted by Gasteiger charge is -2.25. The van der Waals surface area contributed by atoms with Crippen LogP contribution in [0.5, 0.6) is 0 Å². The highest BCUT2D eigenvalue weighted by Gasteiger charge is 2.11. The van der Waals surface area contributed by atoms with Crippen LogP contribution in [0.1, 0.15) is 20.3 Å². The second kappa shape index (κ2) is 6.96. The molecule has 0 aliphatic heterocycles. The minimum atomic E-state index is -0.794. The van der Waals surface area contributed by atoms with Gasteiger partial charge in [-0.05, 0) is 19.9 Å². The summed E-state index contributed by atoms with van der Waals surface area (Å²) in [6, 6.07) is 5.32. The van der Waals surface area contributed by atoms with Crippen LogP contribution in [-0.2, 0) is 11.3 Å². The first-order valence-electron chi connectivity index (χ1n) is 6.12. The zero-order valence-corrected chi connectivity index (χ0v) is 10.9. The van der Waals surface area contributed by atoms with E-state index in [-0.39, 0.29) is 18.0 Å². The van der Waals surface area contributed by atoms with E-state index in [0.29, 0.717) is 19.6 Å². The smallest absolute Gasteiger partial charge is 0.304 e. The Hall–Kier alpha value is -1.62. The fraction of sp³-hybridized carbons (Fsp3) is 0.538. The summed E-state index contributed by atoms with van der Waals surface area (Å²) in [6.07, 6.45) is 1.87. The summed E-state index contributed by atoms with van der Waals surface area (Å²) in [5.74, 6) is -0.794. The summed E-state index contributed by atoms with van der Waals surface area (Å²) in [5.41, 5.74) is -0.0283. The third kappa shape index (κ3) is 4.71. The van der Waals surface area contributed by atoms with Crippen molar-refractivity contribution in [1.29, 1.82) is 0 Å². The normalized spacial score (nSPS) is 11.1. The van der Waals surface area contributed by atoms with E-state index in [1.165, 1.54) is 6.07 Å². The van der Waals surface area contributed by atoms with Gasteiger partial charge in [0.2, 0.25) is 0 Å². The molecule has 1 aromatic rings. The van der Waals surface area contributed by atoms with E-state index < -0.39 is 5.97 Å². The second-order valence-corrected chi connectivity index (χ2v) is 4.51. The van der Waals surface area contributed by atoms with Crippen LogP contribution >= 0.6 is 0 Å². The van der Waals surface area contributed by atoms with Crippen LogP contribution < -0.4 is 5.56 Å². The first-order chi connectivity index (χ1) is 8.50. The number of hydrogen-bond acceptors (Lipinski definition) is 3. The van der Waals surface area contributed by atoms with Crippen molar-refractivity contribution in [2.45, 2.75) is 32.9 Å². The van der Waals surface area contributed by atoms with E-state index in [9.17, 15) is 9.59 Å². The standard InChI is InChI=1S/C13H20N2O3/c1-11(2)14(8-6-13(17)18)9-10-15-7-4-3-5-12(15)16/h3-5,7,11H,6,8-10H2,1-2H3,(H,17,18). The Bertz CT molecular complexity index is 440. The lowest BCUT2D eigenvalue weighted by molar-refractivity contribution is -0.137. The predicted molar refractivity (Wildman–Crippen MR) is 69.7 cm³/mol. The molecule has 0 aromatic carbocycles. The van der Waals surface area contributed by atoms with Gasteiger partial charge >= 0.3 is 5.97 Å². The van der Waals surface area contributed by atoms with Gasteiger partial charge in [0.25, 0.3) is 5.56 Å². The number of aromatic nitrogens is 1. The van der Waals surface area contributed by atoms with E-state index in [4.69, 9.17) is 5.11 Å². The summed E-state index contributed by atoms with van der Waals surface area (Å²) in [7, 11) is 0. The second-order valence-electron chi connectivity index (χ2n) is 4.51. The van der Waals surface area contributed by atoms with Gasteiger partial charge in [0.15, 0.2) is 0 Å². The Kier molecular flexibility index (Phi) is 5.58. The number of hydrogen-bond donors (Lipinski definition) is 1. The Morgan fingerprint density at radius 2 is 2.11 bits per heavy atom. The third-order valence-corrected chi connectivity index (χ3v) is 2.87. The van der Waals surface area contributed by atoms with Crippen LogP contribution in [0.15, 0.2) is 29.2 Å². The van der Waals surface area contributed by atoms with Crippen molar-refractivity contribution < 1.29 is 9.90 Å². The molecule has 0 amide bonds. The molecule has 5 heteroatoms. The Morgan fingerprint density at radius 1 is 1.39 bits per heavy atom. The maximum Gasteiger partial charge on any atom is 0.304 e. The number of carbonyl (C=O) groups is 1. The average molecular weight is 252 g/mol. The van der Waals surface area contributed by atoms with E-state index in [1.807, 2.05) is 19.9 Å². The fourth-order valence-electron chi connectivity index (χ4n) is 1.75. The quantitative estimate of drug-likeness (QED) is 0.787. The minimum Gasteiger partial charge on any atom is -0.481 e. The molecule has 0 fully saturated rings. The van der Waals surface area contributed by atoms with E-state index >= 15 is 0 Å². The maximum absolute atomic E-state index is 11.5. The molecule has 1 rings (SSSR count). The van der Waals surface area contributed by atoms with Gasteiger partial charge in [-0.15, -0.1) is 0 Å². The topological polar surface area (TPSA) is 62.5 Å². The molecule has 18 heavy (non-hydrogen) atoms. The Morgan fingerprint density at radius 3 is 2.67 bits per heavy atom. The van der Waals surface area contributed by atoms with Crippen LogP contribution in [0.4, 0.5) is 0 Å². The van der Waals surface area contributed by atoms with Crippen LogP contribution in [0.3, 0.4) is 0 Å². The molecule has 0 aliphatic rings. The first-order valence-corrected chi connectivity index (χ1v) is 6.12. The van der Waals surface area contributed by atoms with Gasteiger partial charge in [-0.25, -0.2) is 0 Å². The van der Waals surface area contributed by atoms with Crippen molar-refractivity contribution in [2.75, 3.05) is 13.1 Å². The van der Waals surface area contributed by atoms with Gasteiger partial charge in [0, 0.05) is 37.9 Å². The van der Waals surface area contributed by atoms with Gasteiger partial charge in [-0.3, -0.25) is 14.5 Å². The molecule has 1 heterocycles. The van der Waals surface area contributed by atoms with Crippen molar-refractivity contribution in [3.05, 3.63) is 34.7 Å². The van der Waals surface area contributed by atoms with Crippen molar-refractivity contribution in [3.8, 4) is 0 Å². The van der Waals surface area contributed by atoms with Gasteiger partial charge in [-0.2, -0.15) is 0 Å². The lowest BCUT2D eigenvalue weighted by atomic mass is 10.3. The Balaban J connectivity index is 2.55. The van der Waals surface area contributed by atoms with Gasteiger partial charge in [0.1, 0.15) is 0 Å². The zero-order chi connectivity index (χ0) is 13.5. The van der Waals surface area contributed by atoms with Crippen LogP contribution in [-0.4, -0.2) is 39.7 Å². The highest BCUT2D eigenvalue weighted by atomic mass is 16.4. The van der Waals surface area contributed by atoms with Crippen molar-refractivity contribution in [2.24, 2.45) is 0 Å². The molecule has 0 aliphatic carbocycles. The molecule has 1 aromatic heterocycles. The van der Waals surface area contributed by atoms with Crippen molar-refractivity contribution in [1.82, 2.24) is 9.47 Å². The van der Waals surface area contributed by atoms with Crippen molar-refractivity contribution in [3.63, 3.8) is 0 Å². The number of nitrogens with zero attached hydrogens (tertiary/aromatic N) is 2. The van der Waals surface area contributed by atoms with E-state index in [2.05, 4.69) is 4.90 Å². The molecule has 1 N–H and O–H groups in total. The largest absolute Gasteiger partial charge is 0.481 e. The highest BCUT2D eigenvalue weighted by molar-refractivity contribution is 5.66. The molecular weight excluding hydrogens is 232 g/mol. The van der Waals surface area contributed by atoms with Gasteiger partial charge < -0.3 is 9.67 Å². The minimum absolute atomic E-state index is 0.0283. The van der Waals surface area contributed by atoms with Crippen molar-refractivity contribution >= 4 is 5.97 Å². The lowest BCUT2D eigenvalue weighted by Crippen LogP contribution is -2.37. The predicted octanol–water partition coefficient (Wildman–Crippen LogP) is 1.03. The van der Waals surface area contributed by atoms with Crippen LogP contribution in [0.25, 0.3) is 0 Å². The molecule has 0 saturated heterocycles. The zero-order valence-electron chi connectivity index (χ0n) is 10.9. The molecule has 0 radical (unpaired) electrons. The summed E-state index contributed by atoms with van der Waals surface area (Å²) in [4.78, 5) is 24.2. The van der Waals surface area contributed by atoms with E-state index in [0.717, 1.165) is 0 Å². The molecule has 0 unspecified atom stereocenters. The molecule has 100 valence electrons. The SMILES string of the molecule is CC(C)N(CCC(=O)O)CCn1ccccc1=O. The van der Waals surface area contributed by atoms with Gasteiger partial charge in [-0.1, -0.05) is 6.07 Å². The first kappa shape index (κ1) is 14.4. The summed E-state index contributed by atoms with van der Waals surface area (Å²) in [5, 5.41) is 8.69. The van der Waals surface area contributed by atoms with Gasteiger partial charge in [0.05, 0.1) is 6.42 Å². The fourth-order valence-corrected chi connectivity index (χ4v) is 1.75. The molecule has 0 bridgehead atoms. The molecular formula is C13H20N2O3. The van der Waals surface area contributed by atoms with E-state index in [1.54, 1.807) is 16.8 Å². The van der Waals surface area contributed by atoms with Crippen LogP contribution in [0, 0.1) is 0 Å². The van der Waals surface area contributed by atoms with Crippen LogP contribution in [0.2, 0.25) is 0 Å². The summed E-state index contributed by atoms with van der Waals surface area (Å²) in [6.45, 7) is 5.81. The number of pyridine rings is 1. The molecule has 0 atom stereocenters. The molecule has 0 saturated carbocycles. The number of carboxylic acids is 1. The molecule has 0 spiro atoms. The monoisotopic (exact) mass is 252 g/mol. The maximum atomic E-state index is 11.5. The summed E-state index contributed by atoms with van der Waals surface area (Å²) >= 11 is 0. The molecule has 5 nitrogen and oxygen atoms in total. The number of rotatable bonds is 7.